The van der Waals surface area contributed by atoms with Gasteiger partial charge in [-0.05, 0) is 24.1 Å². The monoisotopic (exact) mass is 341 g/mol. The number of furan rings is 1. The van der Waals surface area contributed by atoms with Crippen molar-refractivity contribution in [2.24, 2.45) is 10.2 Å². The highest BCUT2D eigenvalue weighted by molar-refractivity contribution is 8.15. The summed E-state index contributed by atoms with van der Waals surface area (Å²) in [7, 11) is 0. The zero-order valence-electron chi connectivity index (χ0n) is 13.5. The third-order valence-corrected chi connectivity index (χ3v) is 4.86. The highest BCUT2D eigenvalue weighted by Gasteiger charge is 2.37. The molecule has 0 saturated carbocycles. The number of amidine groups is 1. The Labute approximate surface area is 145 Å². The van der Waals surface area contributed by atoms with Crippen LogP contribution in [0.5, 0.6) is 0 Å². The number of thioether (sulfide) groups is 1. The van der Waals surface area contributed by atoms with Crippen LogP contribution in [0, 0.1) is 0 Å². The molecule has 1 unspecified atom stereocenters. The van der Waals surface area contributed by atoms with Gasteiger partial charge in [-0.3, -0.25) is 9.69 Å². The molecule has 1 aromatic carbocycles. The van der Waals surface area contributed by atoms with Crippen LogP contribution >= 0.6 is 11.8 Å². The predicted molar refractivity (Wildman–Crippen MR) is 97.0 cm³/mol. The van der Waals surface area contributed by atoms with E-state index in [2.05, 4.69) is 17.1 Å². The van der Waals surface area contributed by atoms with Gasteiger partial charge in [-0.2, -0.15) is 5.10 Å². The van der Waals surface area contributed by atoms with Crippen LogP contribution in [0.1, 0.15) is 31.1 Å². The standard InChI is InChI=1S/C18H19N3O2S/c1-2-7-16-17(22)21(13-14-8-4-3-5-9-14)18(24-16)20-19-12-15-10-6-11-23-15/h3-6,8-12,16H,2,7,13H2,1H3/b19-12+,20-18-. The zero-order valence-corrected chi connectivity index (χ0v) is 14.3. The summed E-state index contributed by atoms with van der Waals surface area (Å²) in [5.41, 5.74) is 1.08. The van der Waals surface area contributed by atoms with Crippen molar-refractivity contribution in [3.05, 3.63) is 60.1 Å². The number of hydrogen-bond donors (Lipinski definition) is 0. The second kappa shape index (κ2) is 7.97. The molecule has 124 valence electrons. The molecule has 1 amide bonds. The van der Waals surface area contributed by atoms with Crippen LogP contribution in [-0.4, -0.2) is 27.4 Å². The number of hydrogen-bond acceptors (Lipinski definition) is 5. The molecule has 6 heteroatoms. The highest BCUT2D eigenvalue weighted by atomic mass is 32.2. The Morgan fingerprint density at radius 2 is 2.08 bits per heavy atom. The van der Waals surface area contributed by atoms with Crippen LogP contribution in [0.15, 0.2) is 63.3 Å². The molecule has 1 fully saturated rings. The maximum absolute atomic E-state index is 12.7. The summed E-state index contributed by atoms with van der Waals surface area (Å²) >= 11 is 1.49. The molecule has 3 rings (SSSR count). The fraction of sp³-hybridized carbons (Fsp3) is 0.278. The lowest BCUT2D eigenvalue weighted by Crippen LogP contribution is -2.31. The molecule has 1 aromatic heterocycles. The summed E-state index contributed by atoms with van der Waals surface area (Å²) in [6, 6.07) is 13.5. The first-order valence-corrected chi connectivity index (χ1v) is 8.82. The molecule has 1 atom stereocenters. The third kappa shape index (κ3) is 3.94. The molecule has 0 bridgehead atoms. The molecule has 1 saturated heterocycles. The van der Waals surface area contributed by atoms with E-state index in [4.69, 9.17) is 4.42 Å². The topological polar surface area (TPSA) is 58.2 Å². The van der Waals surface area contributed by atoms with E-state index in [0.29, 0.717) is 17.5 Å². The summed E-state index contributed by atoms with van der Waals surface area (Å²) in [4.78, 5) is 14.4. The zero-order chi connectivity index (χ0) is 16.8. The molecule has 2 heterocycles. The summed E-state index contributed by atoms with van der Waals surface area (Å²) < 4.78 is 5.20. The Morgan fingerprint density at radius 1 is 1.25 bits per heavy atom. The lowest BCUT2D eigenvalue weighted by atomic mass is 10.2. The van der Waals surface area contributed by atoms with E-state index in [1.54, 1.807) is 29.5 Å². The lowest BCUT2D eigenvalue weighted by Gasteiger charge is -2.15. The average Bonchev–Trinajstić information content (AvgIpc) is 3.21. The SMILES string of the molecule is CCCC1S/C(=N\N=C\c2ccco2)N(Cc2ccccc2)C1=O. The van der Waals surface area contributed by atoms with E-state index >= 15 is 0 Å². The number of nitrogens with zero attached hydrogens (tertiary/aromatic N) is 3. The minimum absolute atomic E-state index is 0.0729. The van der Waals surface area contributed by atoms with E-state index in [1.807, 2.05) is 30.3 Å². The third-order valence-electron chi connectivity index (χ3n) is 3.63. The van der Waals surface area contributed by atoms with E-state index in [1.165, 1.54) is 11.8 Å². The minimum atomic E-state index is -0.0729. The number of carbonyl (C=O) groups excluding carboxylic acids is 1. The van der Waals surface area contributed by atoms with Gasteiger partial charge in [0.05, 0.1) is 24.3 Å². The maximum Gasteiger partial charge on any atom is 0.242 e. The van der Waals surface area contributed by atoms with Gasteiger partial charge < -0.3 is 4.42 Å². The van der Waals surface area contributed by atoms with Crippen molar-refractivity contribution in [1.29, 1.82) is 0 Å². The molecule has 1 aliphatic heterocycles. The van der Waals surface area contributed by atoms with Crippen molar-refractivity contribution < 1.29 is 9.21 Å². The Bertz CT molecular complexity index is 726. The molecule has 24 heavy (non-hydrogen) atoms. The van der Waals surface area contributed by atoms with Crippen molar-refractivity contribution in [3.8, 4) is 0 Å². The summed E-state index contributed by atoms with van der Waals surface area (Å²) in [5, 5.41) is 8.89. The first-order chi connectivity index (χ1) is 11.8. The first-order valence-electron chi connectivity index (χ1n) is 7.94. The quantitative estimate of drug-likeness (QED) is 0.591. The van der Waals surface area contributed by atoms with Crippen LogP contribution < -0.4 is 0 Å². The Morgan fingerprint density at radius 3 is 2.79 bits per heavy atom. The van der Waals surface area contributed by atoms with Gasteiger partial charge in [-0.15, -0.1) is 5.10 Å². The fourth-order valence-electron chi connectivity index (χ4n) is 2.44. The van der Waals surface area contributed by atoms with Gasteiger partial charge in [0.15, 0.2) is 5.17 Å². The lowest BCUT2D eigenvalue weighted by molar-refractivity contribution is -0.126. The summed E-state index contributed by atoms with van der Waals surface area (Å²) in [6.07, 6.45) is 4.94. The molecule has 0 N–H and O–H groups in total. The number of benzene rings is 1. The van der Waals surface area contributed by atoms with Gasteiger partial charge in [0, 0.05) is 0 Å². The van der Waals surface area contributed by atoms with Crippen LogP contribution in [0.3, 0.4) is 0 Å². The van der Waals surface area contributed by atoms with Gasteiger partial charge in [0.25, 0.3) is 0 Å². The van der Waals surface area contributed by atoms with Gasteiger partial charge >= 0.3 is 0 Å². The predicted octanol–water partition coefficient (Wildman–Crippen LogP) is 3.91. The molecule has 0 spiro atoms. The number of rotatable bonds is 6. The molecular formula is C18H19N3O2S. The van der Waals surface area contributed by atoms with Crippen molar-refractivity contribution in [2.75, 3.05) is 0 Å². The first kappa shape index (κ1) is 16.5. The molecule has 1 aliphatic rings. The van der Waals surface area contributed by atoms with E-state index in [0.717, 1.165) is 18.4 Å². The highest BCUT2D eigenvalue weighted by Crippen LogP contribution is 2.31. The Balaban J connectivity index is 1.79. The van der Waals surface area contributed by atoms with Gasteiger partial charge in [0.1, 0.15) is 5.76 Å². The minimum Gasteiger partial charge on any atom is -0.463 e. The van der Waals surface area contributed by atoms with E-state index in [9.17, 15) is 4.79 Å². The van der Waals surface area contributed by atoms with Crippen molar-refractivity contribution in [3.63, 3.8) is 0 Å². The Kier molecular flexibility index (Phi) is 5.48. The van der Waals surface area contributed by atoms with Crippen molar-refractivity contribution in [2.45, 2.75) is 31.6 Å². The van der Waals surface area contributed by atoms with Crippen LogP contribution in [-0.2, 0) is 11.3 Å². The normalized spacial score (nSPS) is 19.7. The fourth-order valence-corrected chi connectivity index (χ4v) is 3.66. The summed E-state index contributed by atoms with van der Waals surface area (Å²) in [6.45, 7) is 2.60. The second-order valence-corrected chi connectivity index (χ2v) is 6.62. The smallest absolute Gasteiger partial charge is 0.242 e. The molecular weight excluding hydrogens is 322 g/mol. The van der Waals surface area contributed by atoms with Crippen LogP contribution in [0.2, 0.25) is 0 Å². The molecule has 0 aliphatic carbocycles. The van der Waals surface area contributed by atoms with E-state index < -0.39 is 0 Å². The van der Waals surface area contributed by atoms with Crippen molar-refractivity contribution >= 4 is 29.1 Å². The summed E-state index contributed by atoms with van der Waals surface area (Å²) in [5.74, 6) is 0.742. The number of amides is 1. The molecule has 0 radical (unpaired) electrons. The molecule has 2 aromatic rings. The van der Waals surface area contributed by atoms with Gasteiger partial charge in [-0.1, -0.05) is 55.4 Å². The molecule has 5 nitrogen and oxygen atoms in total. The van der Waals surface area contributed by atoms with Gasteiger partial charge in [0.2, 0.25) is 5.91 Å². The van der Waals surface area contributed by atoms with Gasteiger partial charge in [-0.25, -0.2) is 0 Å². The van der Waals surface area contributed by atoms with Crippen molar-refractivity contribution in [1.82, 2.24) is 4.90 Å². The maximum atomic E-state index is 12.7. The average molecular weight is 341 g/mol. The largest absolute Gasteiger partial charge is 0.463 e. The number of carbonyl (C=O) groups is 1. The van der Waals surface area contributed by atoms with Crippen LogP contribution in [0.25, 0.3) is 0 Å². The van der Waals surface area contributed by atoms with E-state index in [-0.39, 0.29) is 11.2 Å². The van der Waals surface area contributed by atoms with Crippen LogP contribution in [0.4, 0.5) is 0 Å². The second-order valence-electron chi connectivity index (χ2n) is 5.45. The Hall–Kier alpha value is -2.34.